The zero-order valence-corrected chi connectivity index (χ0v) is 12.9. The summed E-state index contributed by atoms with van der Waals surface area (Å²) in [7, 11) is 0. The second kappa shape index (κ2) is 5.66. The van der Waals surface area contributed by atoms with E-state index in [2.05, 4.69) is 36.8 Å². The Morgan fingerprint density at radius 1 is 1.32 bits per heavy atom. The van der Waals surface area contributed by atoms with E-state index in [1.165, 1.54) is 12.1 Å². The molecule has 0 saturated heterocycles. The highest BCUT2D eigenvalue weighted by atomic mass is 79.9. The van der Waals surface area contributed by atoms with Crippen LogP contribution in [0.15, 0.2) is 39.4 Å². The number of pyridine rings is 1. The largest absolute Gasteiger partial charge is 0.436 e. The van der Waals surface area contributed by atoms with Crippen LogP contribution >= 0.6 is 31.9 Å². The van der Waals surface area contributed by atoms with Crippen molar-refractivity contribution in [2.24, 2.45) is 0 Å². The van der Waals surface area contributed by atoms with Crippen LogP contribution in [0.1, 0.15) is 5.56 Å². The molecule has 0 spiro atoms. The molecule has 2 aromatic rings. The maximum absolute atomic E-state index is 10.7. The Morgan fingerprint density at radius 2 is 2.05 bits per heavy atom. The van der Waals surface area contributed by atoms with Crippen molar-refractivity contribution in [2.45, 2.75) is 6.92 Å². The van der Waals surface area contributed by atoms with Crippen molar-refractivity contribution >= 4 is 37.5 Å². The predicted molar refractivity (Wildman–Crippen MR) is 77.5 cm³/mol. The first-order chi connectivity index (χ1) is 8.99. The van der Waals surface area contributed by atoms with E-state index in [0.717, 1.165) is 5.56 Å². The first-order valence-electron chi connectivity index (χ1n) is 5.22. The summed E-state index contributed by atoms with van der Waals surface area (Å²) in [5, 5.41) is 10.7. The molecule has 0 aliphatic rings. The molecule has 0 radical (unpaired) electrons. The van der Waals surface area contributed by atoms with Crippen LogP contribution in [-0.4, -0.2) is 9.91 Å². The molecule has 2 rings (SSSR count). The summed E-state index contributed by atoms with van der Waals surface area (Å²) in [6.45, 7) is 1.90. The van der Waals surface area contributed by atoms with Gasteiger partial charge in [0.2, 0.25) is 5.88 Å². The van der Waals surface area contributed by atoms with Gasteiger partial charge in [0.05, 0.1) is 19.9 Å². The Bertz CT molecular complexity index is 647. The zero-order chi connectivity index (χ0) is 14.0. The van der Waals surface area contributed by atoms with Crippen molar-refractivity contribution in [1.82, 2.24) is 4.98 Å². The first kappa shape index (κ1) is 14.0. The van der Waals surface area contributed by atoms with E-state index in [4.69, 9.17) is 4.74 Å². The van der Waals surface area contributed by atoms with E-state index < -0.39 is 4.92 Å². The maximum atomic E-state index is 10.7. The highest BCUT2D eigenvalue weighted by Gasteiger charge is 2.13. The van der Waals surface area contributed by atoms with Crippen molar-refractivity contribution in [1.29, 1.82) is 0 Å². The lowest BCUT2D eigenvalue weighted by Crippen LogP contribution is -1.93. The summed E-state index contributed by atoms with van der Waals surface area (Å²) in [6, 6.07) is 6.15. The molecule has 0 unspecified atom stereocenters. The summed E-state index contributed by atoms with van der Waals surface area (Å²) in [5.41, 5.74) is 0.925. The normalized spacial score (nSPS) is 10.3. The number of aromatic nitrogens is 1. The summed E-state index contributed by atoms with van der Waals surface area (Å²) < 4.78 is 6.94. The van der Waals surface area contributed by atoms with Gasteiger partial charge < -0.3 is 4.74 Å². The average Bonchev–Trinajstić information content (AvgIpc) is 2.37. The number of benzene rings is 1. The number of nitro groups is 1. The Morgan fingerprint density at radius 3 is 2.74 bits per heavy atom. The number of ether oxygens (including phenoxy) is 1. The van der Waals surface area contributed by atoms with Crippen molar-refractivity contribution in [3.05, 3.63) is 55.1 Å². The van der Waals surface area contributed by atoms with Crippen molar-refractivity contribution in [3.63, 3.8) is 0 Å². The molecule has 0 aliphatic heterocycles. The minimum Gasteiger partial charge on any atom is -0.436 e. The van der Waals surface area contributed by atoms with Crippen LogP contribution in [0.4, 0.5) is 5.69 Å². The molecule has 98 valence electrons. The van der Waals surface area contributed by atoms with Gasteiger partial charge in [-0.15, -0.1) is 0 Å². The second-order valence-electron chi connectivity index (χ2n) is 3.72. The van der Waals surface area contributed by atoms with E-state index >= 15 is 0 Å². The van der Waals surface area contributed by atoms with Gasteiger partial charge in [0.15, 0.2) is 5.75 Å². The topological polar surface area (TPSA) is 65.3 Å². The lowest BCUT2D eigenvalue weighted by atomic mass is 10.3. The number of nitrogens with zero attached hydrogens (tertiary/aromatic N) is 2. The van der Waals surface area contributed by atoms with E-state index in [0.29, 0.717) is 20.6 Å². The summed E-state index contributed by atoms with van der Waals surface area (Å²) in [4.78, 5) is 14.4. The molecular formula is C12H8Br2N2O3. The van der Waals surface area contributed by atoms with Crippen LogP contribution < -0.4 is 4.74 Å². The molecule has 7 heteroatoms. The molecule has 1 aromatic heterocycles. The minimum atomic E-state index is -0.474. The van der Waals surface area contributed by atoms with Crippen molar-refractivity contribution in [3.8, 4) is 11.6 Å². The fraction of sp³-hybridized carbons (Fsp3) is 0.0833. The Kier molecular flexibility index (Phi) is 4.16. The van der Waals surface area contributed by atoms with Crippen molar-refractivity contribution in [2.75, 3.05) is 0 Å². The second-order valence-corrected chi connectivity index (χ2v) is 5.37. The van der Waals surface area contributed by atoms with Gasteiger partial charge >= 0.3 is 0 Å². The van der Waals surface area contributed by atoms with Crippen LogP contribution in [0.25, 0.3) is 0 Å². The fourth-order valence-corrected chi connectivity index (χ4v) is 2.02. The van der Waals surface area contributed by atoms with Gasteiger partial charge in [0, 0.05) is 12.3 Å². The quantitative estimate of drug-likeness (QED) is 0.569. The first-order valence-corrected chi connectivity index (χ1v) is 6.80. The molecule has 19 heavy (non-hydrogen) atoms. The average molecular weight is 388 g/mol. The molecule has 0 N–H and O–H groups in total. The van der Waals surface area contributed by atoms with Gasteiger partial charge in [-0.25, -0.2) is 4.98 Å². The molecule has 1 heterocycles. The third-order valence-corrected chi connectivity index (χ3v) is 4.00. The van der Waals surface area contributed by atoms with Gasteiger partial charge in [0.1, 0.15) is 0 Å². The smallest absolute Gasteiger partial charge is 0.273 e. The third-order valence-electron chi connectivity index (χ3n) is 2.38. The summed E-state index contributed by atoms with van der Waals surface area (Å²) >= 11 is 6.66. The third kappa shape index (κ3) is 3.10. The predicted octanol–water partition coefficient (Wildman–Crippen LogP) is 4.62. The molecule has 5 nitrogen and oxygen atoms in total. The van der Waals surface area contributed by atoms with E-state index in [1.807, 2.05) is 13.0 Å². The molecule has 0 aliphatic carbocycles. The lowest BCUT2D eigenvalue weighted by Gasteiger charge is -2.09. The Labute approximate surface area is 126 Å². The van der Waals surface area contributed by atoms with Crippen LogP contribution in [-0.2, 0) is 0 Å². The molecule has 1 aromatic carbocycles. The van der Waals surface area contributed by atoms with Crippen LogP contribution in [0.3, 0.4) is 0 Å². The van der Waals surface area contributed by atoms with Gasteiger partial charge in [-0.1, -0.05) is 0 Å². The maximum Gasteiger partial charge on any atom is 0.273 e. The number of nitro benzene ring substituents is 1. The van der Waals surface area contributed by atoms with Crippen LogP contribution in [0.5, 0.6) is 11.6 Å². The summed E-state index contributed by atoms with van der Waals surface area (Å²) in [6.07, 6.45) is 1.61. The van der Waals surface area contributed by atoms with Crippen LogP contribution in [0.2, 0.25) is 0 Å². The molecule has 0 amide bonds. The molecular weight excluding hydrogens is 380 g/mol. The Balaban J connectivity index is 2.40. The number of aryl methyl sites for hydroxylation is 1. The fourth-order valence-electron chi connectivity index (χ4n) is 1.37. The Hall–Kier alpha value is -1.47. The van der Waals surface area contributed by atoms with Crippen LogP contribution in [0, 0.1) is 17.0 Å². The zero-order valence-electron chi connectivity index (χ0n) is 9.76. The van der Waals surface area contributed by atoms with E-state index in [9.17, 15) is 10.1 Å². The monoisotopic (exact) mass is 386 g/mol. The number of rotatable bonds is 3. The van der Waals surface area contributed by atoms with Gasteiger partial charge in [0.25, 0.3) is 5.69 Å². The van der Waals surface area contributed by atoms with E-state index in [-0.39, 0.29) is 5.69 Å². The van der Waals surface area contributed by atoms with Gasteiger partial charge in [-0.2, -0.15) is 0 Å². The van der Waals surface area contributed by atoms with Gasteiger partial charge in [-0.05, 0) is 56.5 Å². The lowest BCUT2D eigenvalue weighted by molar-refractivity contribution is -0.384. The SMILES string of the molecule is Cc1ccnc(Oc2cc([N+](=O)[O-])ccc2Br)c1Br. The number of non-ortho nitro benzene ring substituents is 1. The highest BCUT2D eigenvalue weighted by molar-refractivity contribution is 9.11. The van der Waals surface area contributed by atoms with Crippen molar-refractivity contribution < 1.29 is 9.66 Å². The molecule has 0 atom stereocenters. The molecule has 0 fully saturated rings. The summed E-state index contributed by atoms with van der Waals surface area (Å²) in [5.74, 6) is 0.703. The minimum absolute atomic E-state index is 0.0398. The number of halogens is 2. The van der Waals surface area contributed by atoms with Gasteiger partial charge in [-0.3, -0.25) is 10.1 Å². The van der Waals surface area contributed by atoms with E-state index in [1.54, 1.807) is 12.3 Å². The number of hydrogen-bond donors (Lipinski definition) is 0. The standard InChI is InChI=1S/C12H8Br2N2O3/c1-7-4-5-15-12(11(7)14)19-10-6-8(16(17)18)2-3-9(10)13/h2-6H,1H3. The molecule has 0 bridgehead atoms. The molecule has 0 saturated carbocycles. The number of hydrogen-bond acceptors (Lipinski definition) is 4. The highest BCUT2D eigenvalue weighted by Crippen LogP contribution is 2.35.